The number of hydrogen-bond donors (Lipinski definition) is 1. The topological polar surface area (TPSA) is 12.0 Å². The minimum Gasteiger partial charge on any atom is -0.316 e. The summed E-state index contributed by atoms with van der Waals surface area (Å²) in [4.78, 5) is 0. The van der Waals surface area contributed by atoms with Gasteiger partial charge in [-0.15, -0.1) is 0 Å². The first kappa shape index (κ1) is 10.8. The summed E-state index contributed by atoms with van der Waals surface area (Å²) in [5, 5.41) is 3.20. The maximum absolute atomic E-state index is 11.8. The lowest BCUT2D eigenvalue weighted by Crippen LogP contribution is -2.29. The lowest BCUT2D eigenvalue weighted by molar-refractivity contribution is -0.136. The van der Waals surface area contributed by atoms with Gasteiger partial charge < -0.3 is 5.32 Å². The van der Waals surface area contributed by atoms with Gasteiger partial charge >= 0.3 is 6.18 Å². The number of nitrogens with one attached hydrogen (secondary N) is 1. The highest BCUT2D eigenvalue weighted by molar-refractivity contribution is 4.69. The molecule has 0 bridgehead atoms. The fraction of sp³-hybridized carbons (Fsp3) is 1.00. The number of alkyl halides is 3. The van der Waals surface area contributed by atoms with Crippen molar-refractivity contribution in [2.45, 2.75) is 38.3 Å². The van der Waals surface area contributed by atoms with Gasteiger partial charge in [-0.25, -0.2) is 0 Å². The standard InChI is InChI=1S/C9H16F3N/c10-9(11,12)5-1-3-8-4-2-6-13-7-8/h8,13H,1-7H2. The van der Waals surface area contributed by atoms with E-state index in [2.05, 4.69) is 5.32 Å². The number of hydrogen-bond acceptors (Lipinski definition) is 1. The molecule has 1 unspecified atom stereocenters. The van der Waals surface area contributed by atoms with E-state index in [1.165, 1.54) is 0 Å². The van der Waals surface area contributed by atoms with Crippen LogP contribution in [0.15, 0.2) is 0 Å². The predicted octanol–water partition coefficient (Wildman–Crippen LogP) is 2.72. The summed E-state index contributed by atoms with van der Waals surface area (Å²) in [6.45, 7) is 1.92. The third-order valence-electron chi connectivity index (χ3n) is 2.47. The van der Waals surface area contributed by atoms with Gasteiger partial charge in [0.2, 0.25) is 0 Å². The maximum Gasteiger partial charge on any atom is 0.389 e. The Bertz CT molecular complexity index is 138. The van der Waals surface area contributed by atoms with Gasteiger partial charge in [-0.3, -0.25) is 0 Å². The lowest BCUT2D eigenvalue weighted by Gasteiger charge is -2.22. The predicted molar refractivity (Wildman–Crippen MR) is 45.5 cm³/mol. The second-order valence-corrected chi connectivity index (χ2v) is 3.72. The monoisotopic (exact) mass is 195 g/mol. The van der Waals surface area contributed by atoms with Gasteiger partial charge in [-0.1, -0.05) is 0 Å². The number of piperidine rings is 1. The molecule has 1 heterocycles. The third kappa shape index (κ3) is 5.13. The van der Waals surface area contributed by atoms with Crippen LogP contribution in [-0.4, -0.2) is 19.3 Å². The number of rotatable bonds is 3. The van der Waals surface area contributed by atoms with Crippen molar-refractivity contribution in [3.05, 3.63) is 0 Å². The third-order valence-corrected chi connectivity index (χ3v) is 2.47. The SMILES string of the molecule is FC(F)(F)CCCC1CCCNC1. The van der Waals surface area contributed by atoms with Crippen LogP contribution in [0.3, 0.4) is 0 Å². The Morgan fingerprint density at radius 2 is 2.08 bits per heavy atom. The normalized spacial score (nSPS) is 24.7. The average Bonchev–Trinajstić information content (AvgIpc) is 2.04. The molecule has 1 fully saturated rings. The molecule has 0 aromatic carbocycles. The van der Waals surface area contributed by atoms with Gasteiger partial charge in [0.25, 0.3) is 0 Å². The van der Waals surface area contributed by atoms with Crippen molar-refractivity contribution in [1.82, 2.24) is 5.32 Å². The van der Waals surface area contributed by atoms with Crippen molar-refractivity contribution < 1.29 is 13.2 Å². The Hall–Kier alpha value is -0.250. The van der Waals surface area contributed by atoms with Crippen molar-refractivity contribution in [3.8, 4) is 0 Å². The lowest BCUT2D eigenvalue weighted by atomic mass is 9.94. The molecule has 0 spiro atoms. The molecular weight excluding hydrogens is 179 g/mol. The molecule has 0 aromatic rings. The largest absolute Gasteiger partial charge is 0.389 e. The zero-order valence-corrected chi connectivity index (χ0v) is 7.66. The van der Waals surface area contributed by atoms with E-state index in [0.717, 1.165) is 25.9 Å². The molecular formula is C9H16F3N. The molecule has 4 heteroatoms. The quantitative estimate of drug-likeness (QED) is 0.730. The van der Waals surface area contributed by atoms with Gasteiger partial charge in [-0.2, -0.15) is 13.2 Å². The van der Waals surface area contributed by atoms with Crippen LogP contribution < -0.4 is 5.32 Å². The zero-order chi connectivity index (χ0) is 9.73. The summed E-state index contributed by atoms with van der Waals surface area (Å²) in [5.74, 6) is 0.469. The van der Waals surface area contributed by atoms with E-state index in [1.54, 1.807) is 0 Å². The molecule has 0 amide bonds. The van der Waals surface area contributed by atoms with E-state index in [4.69, 9.17) is 0 Å². The van der Waals surface area contributed by atoms with E-state index in [1.807, 2.05) is 0 Å². The second kappa shape index (κ2) is 4.84. The summed E-state index contributed by atoms with van der Waals surface area (Å²) in [5.41, 5.74) is 0. The number of halogens is 3. The fourth-order valence-corrected chi connectivity index (χ4v) is 1.76. The molecule has 13 heavy (non-hydrogen) atoms. The van der Waals surface area contributed by atoms with E-state index in [9.17, 15) is 13.2 Å². The van der Waals surface area contributed by atoms with Crippen molar-refractivity contribution in [3.63, 3.8) is 0 Å². The van der Waals surface area contributed by atoms with Gasteiger partial charge in [0.1, 0.15) is 0 Å². The Kier molecular flexibility index (Phi) is 4.03. The molecule has 1 saturated heterocycles. The first-order valence-corrected chi connectivity index (χ1v) is 4.85. The maximum atomic E-state index is 11.8. The Labute approximate surface area is 76.7 Å². The molecule has 1 atom stereocenters. The fourth-order valence-electron chi connectivity index (χ4n) is 1.76. The van der Waals surface area contributed by atoms with Crippen LogP contribution in [0.5, 0.6) is 0 Å². The second-order valence-electron chi connectivity index (χ2n) is 3.72. The summed E-state index contributed by atoms with van der Waals surface area (Å²) in [6, 6.07) is 0. The van der Waals surface area contributed by atoms with Crippen LogP contribution in [0.25, 0.3) is 0 Å². The average molecular weight is 195 g/mol. The Balaban J connectivity index is 2.04. The molecule has 0 saturated carbocycles. The molecule has 78 valence electrons. The van der Waals surface area contributed by atoms with Gasteiger partial charge in [0, 0.05) is 6.42 Å². The highest BCUT2D eigenvalue weighted by Crippen LogP contribution is 2.25. The smallest absolute Gasteiger partial charge is 0.316 e. The molecule has 1 aliphatic heterocycles. The molecule has 1 aliphatic rings. The highest BCUT2D eigenvalue weighted by atomic mass is 19.4. The zero-order valence-electron chi connectivity index (χ0n) is 7.66. The van der Waals surface area contributed by atoms with Crippen LogP contribution >= 0.6 is 0 Å². The van der Waals surface area contributed by atoms with Crippen molar-refractivity contribution in [1.29, 1.82) is 0 Å². The van der Waals surface area contributed by atoms with Gasteiger partial charge in [0.05, 0.1) is 0 Å². The summed E-state index contributed by atoms with van der Waals surface area (Å²) in [6.07, 6.45) is -1.39. The molecule has 0 aliphatic carbocycles. The van der Waals surface area contributed by atoms with Crippen LogP contribution in [0, 0.1) is 5.92 Å². The van der Waals surface area contributed by atoms with Crippen molar-refractivity contribution in [2.75, 3.05) is 13.1 Å². The van der Waals surface area contributed by atoms with E-state index >= 15 is 0 Å². The summed E-state index contributed by atoms with van der Waals surface area (Å²) in [7, 11) is 0. The molecule has 1 nitrogen and oxygen atoms in total. The van der Waals surface area contributed by atoms with E-state index in [0.29, 0.717) is 12.3 Å². The van der Waals surface area contributed by atoms with Gasteiger partial charge in [-0.05, 0) is 44.7 Å². The van der Waals surface area contributed by atoms with Crippen molar-refractivity contribution >= 4 is 0 Å². The first-order valence-electron chi connectivity index (χ1n) is 4.85. The van der Waals surface area contributed by atoms with Crippen LogP contribution in [-0.2, 0) is 0 Å². The van der Waals surface area contributed by atoms with Crippen molar-refractivity contribution in [2.24, 2.45) is 5.92 Å². The summed E-state index contributed by atoms with van der Waals surface area (Å²) < 4.78 is 35.4. The highest BCUT2D eigenvalue weighted by Gasteiger charge is 2.26. The minimum atomic E-state index is -3.97. The van der Waals surface area contributed by atoms with Crippen LogP contribution in [0.4, 0.5) is 13.2 Å². The van der Waals surface area contributed by atoms with Gasteiger partial charge in [0.15, 0.2) is 0 Å². The Morgan fingerprint density at radius 3 is 2.62 bits per heavy atom. The van der Waals surface area contributed by atoms with E-state index in [-0.39, 0.29) is 6.42 Å². The van der Waals surface area contributed by atoms with Crippen LogP contribution in [0.1, 0.15) is 32.1 Å². The Morgan fingerprint density at radius 1 is 1.31 bits per heavy atom. The molecule has 0 radical (unpaired) electrons. The summed E-state index contributed by atoms with van der Waals surface area (Å²) >= 11 is 0. The molecule has 1 N–H and O–H groups in total. The van der Waals surface area contributed by atoms with Crippen LogP contribution in [0.2, 0.25) is 0 Å². The molecule has 1 rings (SSSR count). The van der Waals surface area contributed by atoms with E-state index < -0.39 is 12.6 Å². The molecule has 0 aromatic heterocycles. The first-order chi connectivity index (χ1) is 6.08. The minimum absolute atomic E-state index is 0.288.